The molecule has 0 saturated heterocycles. The SMILES string of the molecule is Cc1cccc(P(c2ccc3ccccc3c2)c2cccc(C)c2O)c1O. The van der Waals surface area contributed by atoms with E-state index >= 15 is 0 Å². The Labute approximate surface area is 160 Å². The average molecular weight is 372 g/mol. The standard InChI is InChI=1S/C24H21O2P/c1-16-7-5-11-21(23(16)25)27(22-12-6-8-17(2)24(22)26)20-14-13-18-9-3-4-10-19(18)15-20/h3-15,25-26H,1-2H3. The number of hydrogen-bond donors (Lipinski definition) is 2. The van der Waals surface area contributed by atoms with E-state index in [1.54, 1.807) is 0 Å². The zero-order valence-electron chi connectivity index (χ0n) is 15.3. The second kappa shape index (κ2) is 7.06. The van der Waals surface area contributed by atoms with E-state index in [-0.39, 0.29) is 0 Å². The van der Waals surface area contributed by atoms with Crippen LogP contribution in [0.1, 0.15) is 11.1 Å². The molecule has 2 nitrogen and oxygen atoms in total. The van der Waals surface area contributed by atoms with Crippen LogP contribution >= 0.6 is 7.92 Å². The summed E-state index contributed by atoms with van der Waals surface area (Å²) in [6.07, 6.45) is 0. The van der Waals surface area contributed by atoms with Crippen LogP contribution in [0.3, 0.4) is 0 Å². The van der Waals surface area contributed by atoms with Gasteiger partial charge in [0.15, 0.2) is 0 Å². The van der Waals surface area contributed by atoms with Gasteiger partial charge < -0.3 is 10.2 Å². The van der Waals surface area contributed by atoms with E-state index in [9.17, 15) is 10.2 Å². The van der Waals surface area contributed by atoms with Crippen LogP contribution in [0.15, 0.2) is 78.9 Å². The summed E-state index contributed by atoms with van der Waals surface area (Å²) in [7, 11) is -1.09. The minimum Gasteiger partial charge on any atom is -0.507 e. The van der Waals surface area contributed by atoms with Gasteiger partial charge in [-0.05, 0) is 55.0 Å². The molecule has 0 amide bonds. The molecule has 0 aliphatic carbocycles. The van der Waals surface area contributed by atoms with Gasteiger partial charge in [0.05, 0.1) is 0 Å². The van der Waals surface area contributed by atoms with Crippen molar-refractivity contribution in [2.24, 2.45) is 0 Å². The Morgan fingerprint density at radius 1 is 0.593 bits per heavy atom. The second-order valence-electron chi connectivity index (χ2n) is 6.75. The molecule has 134 valence electrons. The van der Waals surface area contributed by atoms with Crippen molar-refractivity contribution in [1.82, 2.24) is 0 Å². The molecule has 2 N–H and O–H groups in total. The number of aryl methyl sites for hydroxylation is 2. The molecular formula is C24H21O2P. The van der Waals surface area contributed by atoms with Crippen molar-refractivity contribution in [3.63, 3.8) is 0 Å². The normalized spacial score (nSPS) is 11.2. The van der Waals surface area contributed by atoms with Crippen LogP contribution in [-0.2, 0) is 0 Å². The van der Waals surface area contributed by atoms with Crippen molar-refractivity contribution in [1.29, 1.82) is 0 Å². The van der Waals surface area contributed by atoms with Crippen LogP contribution in [0.4, 0.5) is 0 Å². The number of para-hydroxylation sites is 2. The van der Waals surface area contributed by atoms with E-state index in [1.165, 1.54) is 5.39 Å². The van der Waals surface area contributed by atoms with Gasteiger partial charge in [0, 0.05) is 10.6 Å². The first-order chi connectivity index (χ1) is 13.1. The van der Waals surface area contributed by atoms with E-state index in [2.05, 4.69) is 30.3 Å². The number of fused-ring (bicyclic) bond motifs is 1. The Morgan fingerprint density at radius 2 is 1.15 bits per heavy atom. The van der Waals surface area contributed by atoms with Gasteiger partial charge in [0.25, 0.3) is 0 Å². The Bertz CT molecular complexity index is 1080. The fraction of sp³-hybridized carbons (Fsp3) is 0.0833. The van der Waals surface area contributed by atoms with Crippen molar-refractivity contribution in [2.45, 2.75) is 13.8 Å². The Hall–Kier alpha value is -2.83. The third kappa shape index (κ3) is 3.18. The largest absolute Gasteiger partial charge is 0.507 e. The molecule has 0 saturated carbocycles. The third-order valence-electron chi connectivity index (χ3n) is 4.91. The Balaban J connectivity index is 2.00. The summed E-state index contributed by atoms with van der Waals surface area (Å²) < 4.78 is 0. The van der Waals surface area contributed by atoms with Crippen LogP contribution in [0, 0.1) is 13.8 Å². The predicted octanol–water partition coefficient (Wildman–Crippen LogP) is 4.63. The summed E-state index contributed by atoms with van der Waals surface area (Å²) in [6, 6.07) is 26.3. The van der Waals surface area contributed by atoms with Crippen molar-refractivity contribution in [3.05, 3.63) is 90.0 Å². The molecule has 0 fully saturated rings. The number of aromatic hydroxyl groups is 2. The Kier molecular flexibility index (Phi) is 4.59. The van der Waals surface area contributed by atoms with Crippen molar-refractivity contribution in [2.75, 3.05) is 0 Å². The van der Waals surface area contributed by atoms with Crippen LogP contribution in [-0.4, -0.2) is 10.2 Å². The lowest BCUT2D eigenvalue weighted by atomic mass is 10.1. The summed E-state index contributed by atoms with van der Waals surface area (Å²) in [6.45, 7) is 3.81. The molecule has 0 atom stereocenters. The fourth-order valence-corrected chi connectivity index (χ4v) is 5.93. The smallest absolute Gasteiger partial charge is 0.126 e. The third-order valence-corrected chi connectivity index (χ3v) is 7.39. The molecule has 4 rings (SSSR count). The monoisotopic (exact) mass is 372 g/mol. The first-order valence-corrected chi connectivity index (χ1v) is 10.3. The number of phenols is 2. The minimum atomic E-state index is -1.09. The van der Waals surface area contributed by atoms with E-state index in [0.29, 0.717) is 11.5 Å². The zero-order valence-corrected chi connectivity index (χ0v) is 16.2. The summed E-state index contributed by atoms with van der Waals surface area (Å²) in [5, 5.41) is 26.8. The van der Waals surface area contributed by atoms with Crippen LogP contribution in [0.25, 0.3) is 10.8 Å². The first kappa shape index (κ1) is 17.6. The molecule has 0 heterocycles. The molecule has 4 aromatic rings. The number of phenolic OH excluding ortho intramolecular Hbond substituents is 2. The molecule has 0 aliphatic rings. The van der Waals surface area contributed by atoms with Gasteiger partial charge >= 0.3 is 0 Å². The minimum absolute atomic E-state index is 0.303. The van der Waals surface area contributed by atoms with Crippen molar-refractivity contribution < 1.29 is 10.2 Å². The van der Waals surface area contributed by atoms with Gasteiger partial charge in [0.2, 0.25) is 0 Å². The van der Waals surface area contributed by atoms with Gasteiger partial charge in [0.1, 0.15) is 11.5 Å². The lowest BCUT2D eigenvalue weighted by Gasteiger charge is -2.23. The quantitative estimate of drug-likeness (QED) is 0.515. The van der Waals surface area contributed by atoms with Gasteiger partial charge in [-0.1, -0.05) is 72.8 Å². The van der Waals surface area contributed by atoms with Gasteiger partial charge in [-0.3, -0.25) is 0 Å². The highest BCUT2D eigenvalue weighted by molar-refractivity contribution is 7.80. The maximum Gasteiger partial charge on any atom is 0.126 e. The predicted molar refractivity (Wildman–Crippen MR) is 115 cm³/mol. The highest BCUT2D eigenvalue weighted by Crippen LogP contribution is 2.41. The number of benzene rings is 4. The first-order valence-electron chi connectivity index (χ1n) is 8.92. The summed E-state index contributed by atoms with van der Waals surface area (Å²) in [5.41, 5.74) is 1.68. The maximum atomic E-state index is 10.8. The molecule has 0 aliphatic heterocycles. The Morgan fingerprint density at radius 3 is 1.74 bits per heavy atom. The average Bonchev–Trinajstić information content (AvgIpc) is 2.68. The van der Waals surface area contributed by atoms with Crippen LogP contribution < -0.4 is 15.9 Å². The zero-order chi connectivity index (χ0) is 19.0. The topological polar surface area (TPSA) is 40.5 Å². The molecule has 0 bridgehead atoms. The summed E-state index contributed by atoms with van der Waals surface area (Å²) >= 11 is 0. The molecule has 4 aromatic carbocycles. The number of rotatable bonds is 3. The molecular weight excluding hydrogens is 351 g/mol. The highest BCUT2D eigenvalue weighted by Gasteiger charge is 2.24. The fourth-order valence-electron chi connectivity index (χ4n) is 3.37. The lowest BCUT2D eigenvalue weighted by molar-refractivity contribution is 0.475. The molecule has 0 radical (unpaired) electrons. The molecule has 3 heteroatoms. The van der Waals surface area contributed by atoms with Gasteiger partial charge in [-0.15, -0.1) is 0 Å². The second-order valence-corrected chi connectivity index (χ2v) is 8.90. The van der Waals surface area contributed by atoms with Crippen LogP contribution in [0.5, 0.6) is 11.5 Å². The van der Waals surface area contributed by atoms with E-state index in [0.717, 1.165) is 32.4 Å². The van der Waals surface area contributed by atoms with Crippen LogP contribution in [0.2, 0.25) is 0 Å². The van der Waals surface area contributed by atoms with E-state index in [4.69, 9.17) is 0 Å². The van der Waals surface area contributed by atoms with Gasteiger partial charge in [-0.2, -0.15) is 0 Å². The van der Waals surface area contributed by atoms with Gasteiger partial charge in [-0.25, -0.2) is 0 Å². The maximum absolute atomic E-state index is 10.8. The lowest BCUT2D eigenvalue weighted by Crippen LogP contribution is -2.22. The molecule has 0 unspecified atom stereocenters. The molecule has 0 spiro atoms. The van der Waals surface area contributed by atoms with E-state index in [1.807, 2.05) is 62.4 Å². The van der Waals surface area contributed by atoms with Crippen molar-refractivity contribution in [3.8, 4) is 11.5 Å². The summed E-state index contributed by atoms with van der Waals surface area (Å²) in [5.74, 6) is 0.607. The highest BCUT2D eigenvalue weighted by atomic mass is 31.1. The molecule has 0 aromatic heterocycles. The van der Waals surface area contributed by atoms with E-state index < -0.39 is 7.92 Å². The molecule has 27 heavy (non-hydrogen) atoms. The number of hydrogen-bond acceptors (Lipinski definition) is 2. The van der Waals surface area contributed by atoms with Crippen molar-refractivity contribution >= 4 is 34.6 Å². The summed E-state index contributed by atoms with van der Waals surface area (Å²) in [4.78, 5) is 0.